The van der Waals surface area contributed by atoms with E-state index >= 15 is 0 Å². The number of anilines is 1. The molecule has 1 fully saturated rings. The van der Waals surface area contributed by atoms with Crippen molar-refractivity contribution in [2.24, 2.45) is 0 Å². The number of nitrogens with zero attached hydrogens (tertiary/aromatic N) is 4. The van der Waals surface area contributed by atoms with Crippen LogP contribution in [0.2, 0.25) is 0 Å². The minimum absolute atomic E-state index is 0.145. The molecule has 1 atom stereocenters. The summed E-state index contributed by atoms with van der Waals surface area (Å²) in [5, 5.41) is 15.4. The molecule has 238 valence electrons. The number of fused-ring (bicyclic) bond motifs is 1. The van der Waals surface area contributed by atoms with Gasteiger partial charge in [-0.1, -0.05) is 24.3 Å². The predicted octanol–water partition coefficient (Wildman–Crippen LogP) is 6.81. The van der Waals surface area contributed by atoms with Crippen molar-refractivity contribution < 1.29 is 28.5 Å². The van der Waals surface area contributed by atoms with Gasteiger partial charge in [0.2, 0.25) is 0 Å². The lowest BCUT2D eigenvalue weighted by atomic mass is 9.92. The highest BCUT2D eigenvalue weighted by Gasteiger charge is 2.38. The van der Waals surface area contributed by atoms with Gasteiger partial charge in [0.25, 0.3) is 0 Å². The van der Waals surface area contributed by atoms with Gasteiger partial charge in [0.05, 0.1) is 36.2 Å². The first kappa shape index (κ1) is 32.1. The highest BCUT2D eigenvalue weighted by atomic mass is 19.1. The van der Waals surface area contributed by atoms with Crippen molar-refractivity contribution in [1.29, 1.82) is 0 Å². The smallest absolute Gasteiger partial charge is 0.339 e. The maximum Gasteiger partial charge on any atom is 0.339 e. The molecule has 1 aliphatic heterocycles. The second-order valence-electron chi connectivity index (χ2n) is 12.6. The van der Waals surface area contributed by atoms with Crippen LogP contribution in [0, 0.1) is 12.7 Å². The Hall–Kier alpha value is -4.28. The van der Waals surface area contributed by atoms with E-state index in [1.807, 2.05) is 58.0 Å². The Balaban J connectivity index is 1.66. The molecule has 9 nitrogen and oxygen atoms in total. The van der Waals surface area contributed by atoms with Crippen molar-refractivity contribution in [1.82, 2.24) is 14.6 Å². The zero-order chi connectivity index (χ0) is 32.5. The number of hydrogen-bond acceptors (Lipinski definition) is 8. The molecule has 4 aromatic rings. The highest BCUT2D eigenvalue weighted by molar-refractivity contribution is 5.81. The van der Waals surface area contributed by atoms with Crippen LogP contribution in [-0.4, -0.2) is 63.7 Å². The van der Waals surface area contributed by atoms with Crippen molar-refractivity contribution >= 4 is 17.4 Å². The maximum absolute atomic E-state index is 13.7. The maximum atomic E-state index is 13.7. The Morgan fingerprint density at radius 1 is 1.16 bits per heavy atom. The van der Waals surface area contributed by atoms with E-state index in [2.05, 4.69) is 18.4 Å². The summed E-state index contributed by atoms with van der Waals surface area (Å²) in [4.78, 5) is 20.4. The number of hydrogen-bond donors (Lipinski definition) is 1. The lowest BCUT2D eigenvalue weighted by Gasteiger charge is -2.41. The van der Waals surface area contributed by atoms with Gasteiger partial charge in [-0.05, 0) is 71.2 Å². The molecule has 1 aliphatic rings. The fraction of sp³-hybridized carbons (Fsp3) is 0.400. The summed E-state index contributed by atoms with van der Waals surface area (Å²) in [7, 11) is 1.35. The number of phenols is 1. The molecular formula is C35H41FN4O5. The third kappa shape index (κ3) is 6.87. The molecule has 1 saturated heterocycles. The summed E-state index contributed by atoms with van der Waals surface area (Å²) in [6.07, 6.45) is 2.23. The first-order valence-corrected chi connectivity index (χ1v) is 15.1. The number of benzene rings is 2. The molecule has 5 rings (SSSR count). The van der Waals surface area contributed by atoms with Gasteiger partial charge in [-0.25, -0.2) is 14.2 Å². The quantitative estimate of drug-likeness (QED) is 0.162. The number of carbonyl (C=O) groups excluding carboxylic acids is 1. The Bertz CT molecular complexity index is 1720. The number of carbonyl (C=O) groups is 1. The molecule has 1 N–H and O–H groups in total. The summed E-state index contributed by atoms with van der Waals surface area (Å²) in [5.74, 6) is -0.468. The van der Waals surface area contributed by atoms with Crippen LogP contribution in [0.5, 0.6) is 5.75 Å². The van der Waals surface area contributed by atoms with Crippen molar-refractivity contribution in [2.75, 3.05) is 31.7 Å². The normalized spacial score (nSPS) is 15.7. The van der Waals surface area contributed by atoms with E-state index in [9.17, 15) is 14.3 Å². The van der Waals surface area contributed by atoms with Crippen LogP contribution < -0.4 is 4.90 Å². The first-order chi connectivity index (χ1) is 21.3. The number of methoxy groups -OCH3 is 1. The largest absolute Gasteiger partial charge is 0.507 e. The van der Waals surface area contributed by atoms with Crippen LogP contribution in [0.3, 0.4) is 0 Å². The Morgan fingerprint density at radius 3 is 2.51 bits per heavy atom. The van der Waals surface area contributed by atoms with E-state index < -0.39 is 23.5 Å². The average Bonchev–Trinajstić information content (AvgIpc) is 3.42. The fourth-order valence-corrected chi connectivity index (χ4v) is 5.74. The molecule has 0 saturated carbocycles. The van der Waals surface area contributed by atoms with Crippen LogP contribution in [0.4, 0.5) is 10.2 Å². The van der Waals surface area contributed by atoms with Crippen LogP contribution in [0.25, 0.3) is 28.0 Å². The van der Waals surface area contributed by atoms with E-state index in [0.717, 1.165) is 24.5 Å². The van der Waals surface area contributed by atoms with Gasteiger partial charge >= 0.3 is 5.97 Å². The molecular weight excluding hydrogens is 575 g/mol. The van der Waals surface area contributed by atoms with Crippen molar-refractivity contribution in [2.45, 2.75) is 64.8 Å². The molecule has 2 aromatic carbocycles. The van der Waals surface area contributed by atoms with Gasteiger partial charge in [-0.2, -0.15) is 9.61 Å². The number of aryl methyl sites for hydroxylation is 1. The van der Waals surface area contributed by atoms with Crippen LogP contribution in [0.1, 0.15) is 57.9 Å². The molecule has 2 aromatic heterocycles. The number of ether oxygens (including phenoxy) is 3. The Morgan fingerprint density at radius 2 is 1.87 bits per heavy atom. The molecule has 0 amide bonds. The molecule has 0 bridgehead atoms. The third-order valence-corrected chi connectivity index (χ3v) is 8.05. The standard InChI is InChI=1S/C35H41FN4O5/c1-8-18-44-35(6)14-16-39(17-15-35)32-30(31(33(42)43-7)45-34(3,4)5)22(2)37-29-21-27(38-40(29)32)24-11-9-10-23(19-24)26-13-12-25(36)20-28(26)41/h8-13,19-21,31,41H,1,14-18H2,2-7H3/t31-/m0/s1. The number of rotatable bonds is 9. The molecule has 0 radical (unpaired) electrons. The highest BCUT2D eigenvalue weighted by Crippen LogP contribution is 2.39. The summed E-state index contributed by atoms with van der Waals surface area (Å²) >= 11 is 0. The van der Waals surface area contributed by atoms with Crippen LogP contribution in [-0.2, 0) is 19.0 Å². The second kappa shape index (κ2) is 12.6. The van der Waals surface area contributed by atoms with E-state index in [-0.39, 0.29) is 11.4 Å². The van der Waals surface area contributed by atoms with Crippen molar-refractivity contribution in [3.8, 4) is 28.1 Å². The number of phenolic OH excluding ortho intramolecular Hbond substituents is 1. The monoisotopic (exact) mass is 616 g/mol. The molecule has 0 unspecified atom stereocenters. The lowest BCUT2D eigenvalue weighted by molar-refractivity contribution is -0.164. The van der Waals surface area contributed by atoms with E-state index in [1.54, 1.807) is 16.7 Å². The minimum atomic E-state index is -1.04. The number of piperidine rings is 1. The van der Waals surface area contributed by atoms with Crippen molar-refractivity contribution in [3.05, 3.63) is 78.3 Å². The molecule has 3 heterocycles. The van der Waals surface area contributed by atoms with Crippen molar-refractivity contribution in [3.63, 3.8) is 0 Å². The van der Waals surface area contributed by atoms with E-state index in [4.69, 9.17) is 24.3 Å². The molecule has 10 heteroatoms. The number of esters is 1. The number of aromatic nitrogens is 3. The third-order valence-electron chi connectivity index (χ3n) is 8.05. The van der Waals surface area contributed by atoms with Gasteiger partial charge in [0.15, 0.2) is 11.8 Å². The Kier molecular flexibility index (Phi) is 9.00. The molecule has 0 spiro atoms. The Labute approximate surface area is 263 Å². The minimum Gasteiger partial charge on any atom is -0.507 e. The fourth-order valence-electron chi connectivity index (χ4n) is 5.74. The molecule has 0 aliphatic carbocycles. The topological polar surface area (TPSA) is 98.4 Å². The van der Waals surface area contributed by atoms with Crippen LogP contribution >= 0.6 is 0 Å². The summed E-state index contributed by atoms with van der Waals surface area (Å²) in [6, 6.07) is 13.4. The van der Waals surface area contributed by atoms with Gasteiger partial charge in [0.1, 0.15) is 17.4 Å². The number of aromatic hydroxyl groups is 1. The summed E-state index contributed by atoms with van der Waals surface area (Å²) in [5.41, 5.74) is 3.52. The summed E-state index contributed by atoms with van der Waals surface area (Å²) in [6.45, 7) is 15.2. The van der Waals surface area contributed by atoms with Crippen LogP contribution in [0.15, 0.2) is 61.2 Å². The van der Waals surface area contributed by atoms with E-state index in [1.165, 1.54) is 13.2 Å². The predicted molar refractivity (Wildman–Crippen MR) is 172 cm³/mol. The zero-order valence-corrected chi connectivity index (χ0v) is 26.8. The van der Waals surface area contributed by atoms with Gasteiger partial charge in [-0.15, -0.1) is 6.58 Å². The molecule has 45 heavy (non-hydrogen) atoms. The van der Waals surface area contributed by atoms with Gasteiger partial charge < -0.3 is 24.2 Å². The second-order valence-corrected chi connectivity index (χ2v) is 12.6. The van der Waals surface area contributed by atoms with E-state index in [0.29, 0.717) is 59.2 Å². The van der Waals surface area contributed by atoms with Gasteiger partial charge in [0, 0.05) is 42.0 Å². The SMILES string of the molecule is C=CCOC1(C)CCN(c2c([C@H](OC(C)(C)C)C(=O)OC)c(C)nc3cc(-c4cccc(-c5ccc(F)cc5O)c4)nn23)CC1. The zero-order valence-electron chi connectivity index (χ0n) is 26.8. The van der Waals surface area contributed by atoms with Gasteiger partial charge in [-0.3, -0.25) is 0 Å². The number of halogens is 1. The first-order valence-electron chi connectivity index (χ1n) is 15.1. The summed E-state index contributed by atoms with van der Waals surface area (Å²) < 4.78 is 33.1. The lowest BCUT2D eigenvalue weighted by Crippen LogP contribution is -2.45. The average molecular weight is 617 g/mol.